The number of benzene rings is 2. The van der Waals surface area contributed by atoms with Crippen molar-refractivity contribution < 1.29 is 14.0 Å². The number of hydrogen-bond acceptors (Lipinski definition) is 2. The van der Waals surface area contributed by atoms with Gasteiger partial charge in [0.1, 0.15) is 5.82 Å². The van der Waals surface area contributed by atoms with Crippen LogP contribution in [0.15, 0.2) is 48.5 Å². The van der Waals surface area contributed by atoms with Crippen molar-refractivity contribution in [2.45, 2.75) is 25.7 Å². The second-order valence-corrected chi connectivity index (χ2v) is 7.98. The van der Waals surface area contributed by atoms with Gasteiger partial charge in [-0.3, -0.25) is 9.59 Å². The van der Waals surface area contributed by atoms with E-state index in [9.17, 15) is 14.0 Å². The molecule has 2 atom stereocenters. The van der Waals surface area contributed by atoms with Crippen molar-refractivity contribution in [1.82, 2.24) is 10.2 Å². The van der Waals surface area contributed by atoms with E-state index < -0.39 is 0 Å². The number of carbonyl (C=O) groups excluding carboxylic acids is 2. The van der Waals surface area contributed by atoms with Gasteiger partial charge >= 0.3 is 0 Å². The van der Waals surface area contributed by atoms with Crippen LogP contribution in [0.3, 0.4) is 0 Å². The Morgan fingerprint density at radius 2 is 1.79 bits per heavy atom. The highest BCUT2D eigenvalue weighted by molar-refractivity contribution is 5.95. The number of aryl methyl sites for hydroxylation is 1. The molecule has 0 bridgehead atoms. The average molecular weight is 380 g/mol. The van der Waals surface area contributed by atoms with Crippen LogP contribution in [0.2, 0.25) is 0 Å². The van der Waals surface area contributed by atoms with Crippen LogP contribution in [0.1, 0.15) is 40.2 Å². The van der Waals surface area contributed by atoms with Crippen molar-refractivity contribution in [3.05, 3.63) is 71.0 Å². The third-order valence-corrected chi connectivity index (χ3v) is 5.88. The molecular formula is C23H25FN2O2. The van der Waals surface area contributed by atoms with E-state index in [1.165, 1.54) is 37.1 Å². The van der Waals surface area contributed by atoms with Gasteiger partial charge in [0, 0.05) is 31.1 Å². The van der Waals surface area contributed by atoms with Crippen molar-refractivity contribution in [2.75, 3.05) is 19.6 Å². The van der Waals surface area contributed by atoms with Gasteiger partial charge in [0.25, 0.3) is 5.91 Å². The van der Waals surface area contributed by atoms with E-state index in [0.29, 0.717) is 24.6 Å². The molecule has 28 heavy (non-hydrogen) atoms. The molecule has 2 unspecified atom stereocenters. The van der Waals surface area contributed by atoms with Crippen molar-refractivity contribution in [1.29, 1.82) is 0 Å². The zero-order valence-corrected chi connectivity index (χ0v) is 16.0. The zero-order chi connectivity index (χ0) is 19.7. The summed E-state index contributed by atoms with van der Waals surface area (Å²) in [7, 11) is 0. The average Bonchev–Trinajstić information content (AvgIpc) is 3.43. The lowest BCUT2D eigenvalue weighted by molar-refractivity contribution is -0.125. The smallest absolute Gasteiger partial charge is 0.253 e. The summed E-state index contributed by atoms with van der Waals surface area (Å²) in [6, 6.07) is 13.6. The SMILES string of the molecule is Cc1ccccc1C1CN(C(=O)c2ccc(F)cc2)CC1C(=O)NCC1CC1. The summed E-state index contributed by atoms with van der Waals surface area (Å²) in [5, 5.41) is 3.09. The quantitative estimate of drug-likeness (QED) is 0.863. The lowest BCUT2D eigenvalue weighted by Crippen LogP contribution is -2.36. The fraction of sp³-hybridized carbons (Fsp3) is 0.391. The predicted octanol–water partition coefficient (Wildman–Crippen LogP) is 3.52. The van der Waals surface area contributed by atoms with Crippen LogP contribution < -0.4 is 5.32 Å². The number of nitrogens with zero attached hydrogens (tertiary/aromatic N) is 1. The maximum atomic E-state index is 13.2. The van der Waals surface area contributed by atoms with Gasteiger partial charge in [0.15, 0.2) is 0 Å². The van der Waals surface area contributed by atoms with Gasteiger partial charge in [0.05, 0.1) is 5.92 Å². The Morgan fingerprint density at radius 3 is 2.46 bits per heavy atom. The first-order valence-corrected chi connectivity index (χ1v) is 9.91. The van der Waals surface area contributed by atoms with Crippen molar-refractivity contribution in [3.8, 4) is 0 Å². The van der Waals surface area contributed by atoms with Gasteiger partial charge in [-0.15, -0.1) is 0 Å². The molecule has 4 nitrogen and oxygen atoms in total. The van der Waals surface area contributed by atoms with Gasteiger partial charge in [-0.1, -0.05) is 24.3 Å². The van der Waals surface area contributed by atoms with Crippen LogP contribution >= 0.6 is 0 Å². The summed E-state index contributed by atoms with van der Waals surface area (Å²) >= 11 is 0. The molecule has 2 fully saturated rings. The standard InChI is InChI=1S/C23H25FN2O2/c1-15-4-2-3-5-19(15)20-13-26(23(28)17-8-10-18(24)11-9-17)14-21(20)22(27)25-12-16-6-7-16/h2-5,8-11,16,20-21H,6-7,12-14H2,1H3,(H,25,27). The molecule has 2 aliphatic rings. The van der Waals surface area contributed by atoms with E-state index in [0.717, 1.165) is 17.7 Å². The highest BCUT2D eigenvalue weighted by Gasteiger charge is 2.41. The Kier molecular flexibility index (Phi) is 5.16. The van der Waals surface area contributed by atoms with Crippen molar-refractivity contribution in [3.63, 3.8) is 0 Å². The molecule has 2 aromatic rings. The Morgan fingerprint density at radius 1 is 1.07 bits per heavy atom. The van der Waals surface area contributed by atoms with Crippen molar-refractivity contribution in [2.24, 2.45) is 11.8 Å². The third-order valence-electron chi connectivity index (χ3n) is 5.88. The summed E-state index contributed by atoms with van der Waals surface area (Å²) < 4.78 is 13.2. The minimum Gasteiger partial charge on any atom is -0.356 e. The van der Waals surface area contributed by atoms with E-state index >= 15 is 0 Å². The maximum Gasteiger partial charge on any atom is 0.253 e. The number of rotatable bonds is 5. The van der Waals surface area contributed by atoms with E-state index in [2.05, 4.69) is 5.32 Å². The summed E-state index contributed by atoms with van der Waals surface area (Å²) in [6.45, 7) is 3.63. The number of amides is 2. The molecule has 1 N–H and O–H groups in total. The Balaban J connectivity index is 1.56. The molecule has 146 valence electrons. The van der Waals surface area contributed by atoms with Crippen LogP contribution in [0.5, 0.6) is 0 Å². The fourth-order valence-electron chi connectivity index (χ4n) is 4.03. The van der Waals surface area contributed by atoms with E-state index in [4.69, 9.17) is 0 Å². The Hall–Kier alpha value is -2.69. The minimum atomic E-state index is -0.368. The molecule has 1 saturated heterocycles. The third kappa shape index (κ3) is 3.93. The van der Waals surface area contributed by atoms with Crippen molar-refractivity contribution >= 4 is 11.8 Å². The largest absolute Gasteiger partial charge is 0.356 e. The monoisotopic (exact) mass is 380 g/mol. The predicted molar refractivity (Wildman–Crippen MR) is 105 cm³/mol. The molecule has 1 heterocycles. The molecule has 4 rings (SSSR count). The molecule has 1 saturated carbocycles. The summed E-state index contributed by atoms with van der Waals surface area (Å²) in [5.74, 6) is -0.202. The highest BCUT2D eigenvalue weighted by atomic mass is 19.1. The molecule has 0 aromatic heterocycles. The number of halogens is 1. The molecule has 2 aromatic carbocycles. The Bertz CT molecular complexity index is 876. The van der Waals surface area contributed by atoms with Gasteiger partial charge in [0.2, 0.25) is 5.91 Å². The molecule has 5 heteroatoms. The van der Waals surface area contributed by atoms with Gasteiger partial charge in [-0.2, -0.15) is 0 Å². The summed E-state index contributed by atoms with van der Waals surface area (Å²) in [6.07, 6.45) is 2.36. The van der Waals surface area contributed by atoms with Gasteiger partial charge in [-0.05, 0) is 61.1 Å². The highest BCUT2D eigenvalue weighted by Crippen LogP contribution is 2.36. The second kappa shape index (κ2) is 7.74. The van der Waals surface area contributed by atoms with Crippen LogP contribution in [0.4, 0.5) is 4.39 Å². The zero-order valence-electron chi connectivity index (χ0n) is 16.0. The first-order valence-electron chi connectivity index (χ1n) is 9.91. The molecule has 1 aliphatic heterocycles. The Labute approximate surface area is 164 Å². The van der Waals surface area contributed by atoms with Crippen LogP contribution in [0, 0.1) is 24.6 Å². The minimum absolute atomic E-state index is 0.0227. The number of nitrogens with one attached hydrogen (secondary N) is 1. The van der Waals surface area contributed by atoms with E-state index in [1.807, 2.05) is 31.2 Å². The summed E-state index contributed by atoms with van der Waals surface area (Å²) in [5.41, 5.74) is 2.69. The van der Waals surface area contributed by atoms with Crippen LogP contribution in [-0.4, -0.2) is 36.3 Å². The van der Waals surface area contributed by atoms with Gasteiger partial charge < -0.3 is 10.2 Å². The lowest BCUT2D eigenvalue weighted by Gasteiger charge is -2.20. The topological polar surface area (TPSA) is 49.4 Å². The van der Waals surface area contributed by atoms with Crippen LogP contribution in [0.25, 0.3) is 0 Å². The normalized spacial score (nSPS) is 21.6. The summed E-state index contributed by atoms with van der Waals surface area (Å²) in [4.78, 5) is 27.6. The first kappa shape index (κ1) is 18.7. The molecule has 0 radical (unpaired) electrons. The number of carbonyl (C=O) groups is 2. The van der Waals surface area contributed by atoms with Gasteiger partial charge in [-0.25, -0.2) is 4.39 Å². The molecular weight excluding hydrogens is 355 g/mol. The molecule has 1 aliphatic carbocycles. The first-order chi connectivity index (χ1) is 13.5. The molecule has 0 spiro atoms. The lowest BCUT2D eigenvalue weighted by atomic mass is 9.86. The number of likely N-dealkylation sites (tertiary alicyclic amines) is 1. The number of hydrogen-bond donors (Lipinski definition) is 1. The maximum absolute atomic E-state index is 13.2. The molecule has 2 amide bonds. The van der Waals surface area contributed by atoms with Crippen LogP contribution in [-0.2, 0) is 4.79 Å². The fourth-order valence-corrected chi connectivity index (χ4v) is 4.03. The second-order valence-electron chi connectivity index (χ2n) is 7.98. The van der Waals surface area contributed by atoms with E-state index in [1.54, 1.807) is 4.90 Å². The van der Waals surface area contributed by atoms with E-state index in [-0.39, 0.29) is 29.5 Å².